The van der Waals surface area contributed by atoms with Gasteiger partial charge in [-0.2, -0.15) is 11.8 Å². The van der Waals surface area contributed by atoms with Crippen LogP contribution < -0.4 is 0 Å². The molecule has 0 aliphatic carbocycles. The van der Waals surface area contributed by atoms with Gasteiger partial charge in [-0.05, 0) is 20.3 Å². The van der Waals surface area contributed by atoms with Crippen molar-refractivity contribution in [1.82, 2.24) is 0 Å². The number of aliphatic hydroxyl groups excluding tert-OH is 1. The van der Waals surface area contributed by atoms with Gasteiger partial charge in [0.1, 0.15) is 0 Å². The molecule has 0 rings (SSSR count). The van der Waals surface area contributed by atoms with E-state index >= 15 is 0 Å². The number of thioether (sulfide) groups is 1. The molecular formula is C10H20O3S. The fourth-order valence-electron chi connectivity index (χ4n) is 0.951. The molecule has 1 atom stereocenters. The Morgan fingerprint density at radius 2 is 2.14 bits per heavy atom. The number of ether oxygens (including phenoxy) is 1. The van der Waals surface area contributed by atoms with Crippen LogP contribution in [0.5, 0.6) is 0 Å². The van der Waals surface area contributed by atoms with Gasteiger partial charge in [-0.1, -0.05) is 6.92 Å². The normalized spacial score (nSPS) is 13.8. The minimum atomic E-state index is -0.441. The van der Waals surface area contributed by atoms with E-state index in [1.807, 2.05) is 20.8 Å². The molecule has 0 aromatic rings. The van der Waals surface area contributed by atoms with Gasteiger partial charge in [0.2, 0.25) is 0 Å². The summed E-state index contributed by atoms with van der Waals surface area (Å²) in [4.78, 5) is 11.3. The van der Waals surface area contributed by atoms with Crippen LogP contribution in [0.15, 0.2) is 0 Å². The molecule has 4 heteroatoms. The van der Waals surface area contributed by atoms with Gasteiger partial charge in [0.05, 0.1) is 12.5 Å². The molecule has 0 amide bonds. The first-order valence-corrected chi connectivity index (χ1v) is 5.80. The van der Waals surface area contributed by atoms with Crippen LogP contribution in [-0.2, 0) is 9.53 Å². The van der Waals surface area contributed by atoms with Crippen LogP contribution in [0.3, 0.4) is 0 Å². The van der Waals surface area contributed by atoms with Gasteiger partial charge < -0.3 is 9.84 Å². The molecular weight excluding hydrogens is 200 g/mol. The quantitative estimate of drug-likeness (QED) is 0.692. The van der Waals surface area contributed by atoms with Gasteiger partial charge >= 0.3 is 5.97 Å². The van der Waals surface area contributed by atoms with Gasteiger partial charge in [0, 0.05) is 17.6 Å². The Bertz CT molecular complexity index is 180. The van der Waals surface area contributed by atoms with E-state index in [0.29, 0.717) is 5.25 Å². The summed E-state index contributed by atoms with van der Waals surface area (Å²) in [5.41, 5.74) is -0.441. The predicted molar refractivity (Wildman–Crippen MR) is 59.4 cm³/mol. The summed E-state index contributed by atoms with van der Waals surface area (Å²) in [6.07, 6.45) is 0.766. The van der Waals surface area contributed by atoms with Crippen LogP contribution in [-0.4, -0.2) is 35.8 Å². The van der Waals surface area contributed by atoms with E-state index in [-0.39, 0.29) is 12.6 Å². The van der Waals surface area contributed by atoms with Crippen molar-refractivity contribution < 1.29 is 14.6 Å². The fraction of sp³-hybridized carbons (Fsp3) is 0.900. The van der Waals surface area contributed by atoms with Crippen molar-refractivity contribution in [2.24, 2.45) is 5.41 Å². The molecule has 0 aliphatic heterocycles. The first-order chi connectivity index (χ1) is 6.44. The minimum absolute atomic E-state index is 0.179. The summed E-state index contributed by atoms with van der Waals surface area (Å²) >= 11 is 1.69. The monoisotopic (exact) mass is 220 g/mol. The van der Waals surface area contributed by atoms with Crippen molar-refractivity contribution in [3.63, 3.8) is 0 Å². The average Bonchev–Trinajstić information content (AvgIpc) is 2.14. The second-order valence-electron chi connectivity index (χ2n) is 4.01. The summed E-state index contributed by atoms with van der Waals surface area (Å²) in [5, 5.41) is 9.10. The van der Waals surface area contributed by atoms with E-state index in [2.05, 4.69) is 0 Å². The van der Waals surface area contributed by atoms with Crippen LogP contribution in [0.1, 0.15) is 27.2 Å². The average molecular weight is 220 g/mol. The third-order valence-corrected chi connectivity index (χ3v) is 3.70. The van der Waals surface area contributed by atoms with Crippen molar-refractivity contribution in [1.29, 1.82) is 0 Å². The molecule has 0 bridgehead atoms. The largest absolute Gasteiger partial charge is 0.469 e. The third-order valence-electron chi connectivity index (χ3n) is 2.00. The number of methoxy groups -OCH3 is 1. The SMILES string of the molecule is COC(=O)C(C)(C)CSC(C)CCO. The lowest BCUT2D eigenvalue weighted by molar-refractivity contribution is -0.149. The molecule has 14 heavy (non-hydrogen) atoms. The lowest BCUT2D eigenvalue weighted by atomic mass is 9.97. The molecule has 3 nitrogen and oxygen atoms in total. The topological polar surface area (TPSA) is 46.5 Å². The standard InChI is InChI=1S/C10H20O3S/c1-8(5-6-11)14-7-10(2,3)9(12)13-4/h8,11H,5-7H2,1-4H3. The van der Waals surface area contributed by atoms with E-state index in [1.54, 1.807) is 11.8 Å². The zero-order valence-corrected chi connectivity index (χ0v) is 10.2. The molecule has 0 aromatic heterocycles. The maximum atomic E-state index is 11.3. The molecule has 0 saturated carbocycles. The molecule has 1 unspecified atom stereocenters. The zero-order chi connectivity index (χ0) is 11.2. The van der Waals surface area contributed by atoms with Crippen molar-refractivity contribution in [2.75, 3.05) is 19.5 Å². The molecule has 0 aromatic carbocycles. The smallest absolute Gasteiger partial charge is 0.312 e. The van der Waals surface area contributed by atoms with Crippen LogP contribution in [0, 0.1) is 5.41 Å². The van der Waals surface area contributed by atoms with Crippen LogP contribution in [0.2, 0.25) is 0 Å². The number of aliphatic hydroxyl groups is 1. The van der Waals surface area contributed by atoms with Crippen molar-refractivity contribution in [3.8, 4) is 0 Å². The van der Waals surface area contributed by atoms with Gasteiger partial charge in [-0.3, -0.25) is 4.79 Å². The highest BCUT2D eigenvalue weighted by molar-refractivity contribution is 7.99. The lowest BCUT2D eigenvalue weighted by Gasteiger charge is -2.22. The Hall–Kier alpha value is -0.220. The van der Waals surface area contributed by atoms with Crippen molar-refractivity contribution >= 4 is 17.7 Å². The van der Waals surface area contributed by atoms with Crippen LogP contribution >= 0.6 is 11.8 Å². The summed E-state index contributed by atoms with van der Waals surface area (Å²) in [6, 6.07) is 0. The minimum Gasteiger partial charge on any atom is -0.469 e. The Kier molecular flexibility index (Phi) is 6.20. The number of hydrogen-bond donors (Lipinski definition) is 1. The summed E-state index contributed by atoms with van der Waals surface area (Å²) in [7, 11) is 1.41. The van der Waals surface area contributed by atoms with Crippen LogP contribution in [0.25, 0.3) is 0 Å². The number of hydrogen-bond acceptors (Lipinski definition) is 4. The summed E-state index contributed by atoms with van der Waals surface area (Å²) in [5.74, 6) is 0.544. The number of esters is 1. The molecule has 1 N–H and O–H groups in total. The third kappa shape index (κ3) is 4.86. The number of rotatable bonds is 6. The number of carbonyl (C=O) groups excluding carboxylic acids is 1. The number of carbonyl (C=O) groups is 1. The molecule has 0 spiro atoms. The Balaban J connectivity index is 3.92. The maximum Gasteiger partial charge on any atom is 0.312 e. The van der Waals surface area contributed by atoms with Gasteiger partial charge in [0.25, 0.3) is 0 Å². The van der Waals surface area contributed by atoms with Crippen molar-refractivity contribution in [2.45, 2.75) is 32.4 Å². The lowest BCUT2D eigenvalue weighted by Crippen LogP contribution is -2.28. The Morgan fingerprint density at radius 1 is 1.57 bits per heavy atom. The summed E-state index contributed by atoms with van der Waals surface area (Å²) < 4.78 is 4.71. The van der Waals surface area contributed by atoms with Gasteiger partial charge in [0.15, 0.2) is 0 Å². The molecule has 0 radical (unpaired) electrons. The fourth-order valence-corrected chi connectivity index (χ4v) is 2.04. The van der Waals surface area contributed by atoms with Gasteiger partial charge in [-0.15, -0.1) is 0 Å². The van der Waals surface area contributed by atoms with Crippen molar-refractivity contribution in [3.05, 3.63) is 0 Å². The highest BCUT2D eigenvalue weighted by atomic mass is 32.2. The van der Waals surface area contributed by atoms with E-state index in [4.69, 9.17) is 9.84 Å². The van der Waals surface area contributed by atoms with E-state index in [9.17, 15) is 4.79 Å². The van der Waals surface area contributed by atoms with Gasteiger partial charge in [-0.25, -0.2) is 0 Å². The van der Waals surface area contributed by atoms with E-state index < -0.39 is 5.41 Å². The van der Waals surface area contributed by atoms with E-state index in [1.165, 1.54) is 7.11 Å². The van der Waals surface area contributed by atoms with Crippen LogP contribution in [0.4, 0.5) is 0 Å². The first-order valence-electron chi connectivity index (χ1n) is 4.75. The molecule has 0 aliphatic rings. The van der Waals surface area contributed by atoms with E-state index in [0.717, 1.165) is 12.2 Å². The second-order valence-corrected chi connectivity index (χ2v) is 5.44. The molecule has 0 saturated heterocycles. The maximum absolute atomic E-state index is 11.3. The molecule has 0 fully saturated rings. The molecule has 0 heterocycles. The summed E-state index contributed by atoms with van der Waals surface area (Å²) in [6.45, 7) is 6.00. The highest BCUT2D eigenvalue weighted by Gasteiger charge is 2.29. The first kappa shape index (κ1) is 13.8. The predicted octanol–water partition coefficient (Wildman–Crippen LogP) is 1.69. The second kappa shape index (κ2) is 6.30. The Morgan fingerprint density at radius 3 is 2.57 bits per heavy atom. The molecule has 84 valence electrons. The Labute approximate surface area is 90.2 Å². The zero-order valence-electron chi connectivity index (χ0n) is 9.37. The highest BCUT2D eigenvalue weighted by Crippen LogP contribution is 2.26.